The number of hydrogen-bond donors (Lipinski definition) is 2. The standard InChI is InChI=1S/C17H21N3O4.ClH/c1-10-8-12(13-2-3-14(21)19-16(13)22)9-18-15(10)20-6-4-11(5-7-20)17(23)24;/h8-9,11,13H,2-7H2,1H3,(H,23,24)(H,19,21,22);1H. The Kier molecular flexibility index (Phi) is 6.00. The molecule has 1 atom stereocenters. The van der Waals surface area contributed by atoms with Gasteiger partial charge >= 0.3 is 5.97 Å². The van der Waals surface area contributed by atoms with Gasteiger partial charge < -0.3 is 10.0 Å². The molecule has 1 aromatic heterocycles. The third-order valence-electron chi connectivity index (χ3n) is 4.86. The second kappa shape index (κ2) is 7.82. The number of nitrogens with zero attached hydrogens (tertiary/aromatic N) is 2. The van der Waals surface area contributed by atoms with E-state index < -0.39 is 5.97 Å². The van der Waals surface area contributed by atoms with Crippen LogP contribution in [0, 0.1) is 12.8 Å². The lowest BCUT2D eigenvalue weighted by Crippen LogP contribution is -2.39. The Hall–Kier alpha value is -2.15. The fourth-order valence-corrected chi connectivity index (χ4v) is 3.46. The number of pyridine rings is 1. The van der Waals surface area contributed by atoms with E-state index in [-0.39, 0.29) is 36.1 Å². The highest BCUT2D eigenvalue weighted by molar-refractivity contribution is 6.00. The zero-order chi connectivity index (χ0) is 17.3. The van der Waals surface area contributed by atoms with Gasteiger partial charge in [-0.05, 0) is 37.3 Å². The summed E-state index contributed by atoms with van der Waals surface area (Å²) in [5.74, 6) is -0.978. The number of piperidine rings is 2. The molecule has 7 nitrogen and oxygen atoms in total. The maximum Gasteiger partial charge on any atom is 0.306 e. The average molecular weight is 368 g/mol. The van der Waals surface area contributed by atoms with Gasteiger partial charge in [0.05, 0.1) is 11.8 Å². The first-order valence-electron chi connectivity index (χ1n) is 8.23. The van der Waals surface area contributed by atoms with Gasteiger partial charge in [0.2, 0.25) is 11.8 Å². The van der Waals surface area contributed by atoms with Crippen LogP contribution in [0.3, 0.4) is 0 Å². The average Bonchev–Trinajstić information content (AvgIpc) is 2.55. The van der Waals surface area contributed by atoms with Crippen molar-refractivity contribution in [1.82, 2.24) is 10.3 Å². The molecular formula is C17H22ClN3O4. The molecule has 2 amide bonds. The van der Waals surface area contributed by atoms with E-state index >= 15 is 0 Å². The highest BCUT2D eigenvalue weighted by Crippen LogP contribution is 2.29. The molecule has 25 heavy (non-hydrogen) atoms. The number of carbonyl (C=O) groups is 3. The number of carboxylic acid groups (broad SMARTS) is 1. The minimum Gasteiger partial charge on any atom is -0.481 e. The number of carboxylic acids is 1. The Morgan fingerprint density at radius 1 is 1.28 bits per heavy atom. The number of rotatable bonds is 3. The summed E-state index contributed by atoms with van der Waals surface area (Å²) in [6.45, 7) is 3.28. The third-order valence-corrected chi connectivity index (χ3v) is 4.86. The summed E-state index contributed by atoms with van der Waals surface area (Å²) in [6.07, 6.45) is 3.79. The van der Waals surface area contributed by atoms with E-state index in [1.807, 2.05) is 13.0 Å². The number of nitrogens with one attached hydrogen (secondary N) is 1. The van der Waals surface area contributed by atoms with Gasteiger partial charge in [0.15, 0.2) is 0 Å². The monoisotopic (exact) mass is 367 g/mol. The highest BCUT2D eigenvalue weighted by Gasteiger charge is 2.29. The number of amides is 2. The normalized spacial score (nSPS) is 21.5. The lowest BCUT2D eigenvalue weighted by atomic mass is 9.90. The number of carbonyl (C=O) groups excluding carboxylic acids is 2. The molecule has 0 aliphatic carbocycles. The number of halogens is 1. The first kappa shape index (κ1) is 19.2. The fraction of sp³-hybridized carbons (Fsp3) is 0.529. The van der Waals surface area contributed by atoms with E-state index in [2.05, 4.69) is 15.2 Å². The van der Waals surface area contributed by atoms with Crippen molar-refractivity contribution in [1.29, 1.82) is 0 Å². The molecule has 2 fully saturated rings. The van der Waals surface area contributed by atoms with Crippen molar-refractivity contribution in [3.63, 3.8) is 0 Å². The Balaban J connectivity index is 0.00000225. The smallest absolute Gasteiger partial charge is 0.306 e. The molecular weight excluding hydrogens is 346 g/mol. The van der Waals surface area contributed by atoms with Crippen LogP contribution in [0.15, 0.2) is 12.3 Å². The molecule has 0 bridgehead atoms. The minimum atomic E-state index is -0.729. The SMILES string of the molecule is Cc1cc(C2CCC(=O)NC2=O)cnc1N1CCC(C(=O)O)CC1.Cl. The quantitative estimate of drug-likeness (QED) is 0.788. The first-order chi connectivity index (χ1) is 11.5. The number of anilines is 1. The van der Waals surface area contributed by atoms with Gasteiger partial charge in [-0.15, -0.1) is 12.4 Å². The van der Waals surface area contributed by atoms with Crippen molar-refractivity contribution in [3.8, 4) is 0 Å². The predicted octanol–water partition coefficient (Wildman–Crippen LogP) is 1.63. The molecule has 0 aromatic carbocycles. The van der Waals surface area contributed by atoms with Crippen molar-refractivity contribution in [3.05, 3.63) is 23.4 Å². The molecule has 136 valence electrons. The Morgan fingerprint density at radius 2 is 1.96 bits per heavy atom. The van der Waals surface area contributed by atoms with Crippen LogP contribution in [0.1, 0.15) is 42.7 Å². The van der Waals surface area contributed by atoms with E-state index in [0.29, 0.717) is 38.8 Å². The number of imide groups is 1. The molecule has 1 unspecified atom stereocenters. The van der Waals surface area contributed by atoms with Crippen LogP contribution in [0.5, 0.6) is 0 Å². The van der Waals surface area contributed by atoms with Crippen molar-refractivity contribution in [2.24, 2.45) is 5.92 Å². The van der Waals surface area contributed by atoms with Gasteiger partial charge in [0.25, 0.3) is 0 Å². The molecule has 0 saturated carbocycles. The number of hydrogen-bond acceptors (Lipinski definition) is 5. The zero-order valence-electron chi connectivity index (χ0n) is 14.0. The van der Waals surface area contributed by atoms with E-state index in [1.54, 1.807) is 6.20 Å². The summed E-state index contributed by atoms with van der Waals surface area (Å²) < 4.78 is 0. The highest BCUT2D eigenvalue weighted by atomic mass is 35.5. The van der Waals surface area contributed by atoms with Crippen LogP contribution in [0.4, 0.5) is 5.82 Å². The molecule has 3 heterocycles. The van der Waals surface area contributed by atoms with Gasteiger partial charge in [-0.2, -0.15) is 0 Å². The maximum atomic E-state index is 12.0. The lowest BCUT2D eigenvalue weighted by Gasteiger charge is -2.32. The van der Waals surface area contributed by atoms with Crippen LogP contribution >= 0.6 is 12.4 Å². The first-order valence-corrected chi connectivity index (χ1v) is 8.23. The Bertz CT molecular complexity index is 686. The van der Waals surface area contributed by atoms with Crippen LogP contribution in [-0.4, -0.2) is 41.0 Å². The number of aliphatic carboxylic acids is 1. The van der Waals surface area contributed by atoms with E-state index in [0.717, 1.165) is 16.9 Å². The topological polar surface area (TPSA) is 99.6 Å². The molecule has 2 aliphatic rings. The van der Waals surface area contributed by atoms with Crippen molar-refractivity contribution in [2.75, 3.05) is 18.0 Å². The Labute approximate surface area is 152 Å². The summed E-state index contributed by atoms with van der Waals surface area (Å²) in [4.78, 5) is 40.9. The molecule has 0 radical (unpaired) electrons. The van der Waals surface area contributed by atoms with Crippen molar-refractivity contribution < 1.29 is 19.5 Å². The minimum absolute atomic E-state index is 0. The van der Waals surface area contributed by atoms with Crippen LogP contribution in [0.25, 0.3) is 0 Å². The van der Waals surface area contributed by atoms with E-state index in [9.17, 15) is 14.4 Å². The van der Waals surface area contributed by atoms with E-state index in [4.69, 9.17) is 5.11 Å². The van der Waals surface area contributed by atoms with Crippen molar-refractivity contribution >= 4 is 36.0 Å². The van der Waals surface area contributed by atoms with Crippen LogP contribution < -0.4 is 10.2 Å². The number of aryl methyl sites for hydroxylation is 1. The zero-order valence-corrected chi connectivity index (χ0v) is 14.8. The van der Waals surface area contributed by atoms with Crippen molar-refractivity contribution in [2.45, 2.75) is 38.5 Å². The summed E-state index contributed by atoms with van der Waals surface area (Å²) in [5.41, 5.74) is 1.78. The van der Waals surface area contributed by atoms with E-state index in [1.165, 1.54) is 0 Å². The lowest BCUT2D eigenvalue weighted by molar-refractivity contribution is -0.142. The molecule has 3 rings (SSSR count). The molecule has 0 spiro atoms. The van der Waals surface area contributed by atoms with Gasteiger partial charge in [0, 0.05) is 25.7 Å². The molecule has 2 saturated heterocycles. The maximum absolute atomic E-state index is 12.0. The largest absolute Gasteiger partial charge is 0.481 e. The fourth-order valence-electron chi connectivity index (χ4n) is 3.46. The Morgan fingerprint density at radius 3 is 2.52 bits per heavy atom. The third kappa shape index (κ3) is 4.10. The second-order valence-electron chi connectivity index (χ2n) is 6.51. The van der Waals surface area contributed by atoms with Gasteiger partial charge in [-0.25, -0.2) is 4.98 Å². The van der Waals surface area contributed by atoms with Crippen LogP contribution in [0.2, 0.25) is 0 Å². The molecule has 8 heteroatoms. The predicted molar refractivity (Wildman–Crippen MR) is 93.9 cm³/mol. The van der Waals surface area contributed by atoms with Gasteiger partial charge in [0.1, 0.15) is 5.82 Å². The summed E-state index contributed by atoms with van der Waals surface area (Å²) in [6, 6.07) is 1.95. The summed E-state index contributed by atoms with van der Waals surface area (Å²) in [7, 11) is 0. The summed E-state index contributed by atoms with van der Waals surface area (Å²) >= 11 is 0. The number of aromatic nitrogens is 1. The summed E-state index contributed by atoms with van der Waals surface area (Å²) in [5, 5.41) is 11.4. The second-order valence-corrected chi connectivity index (χ2v) is 6.51. The molecule has 2 N–H and O–H groups in total. The molecule has 2 aliphatic heterocycles. The van der Waals surface area contributed by atoms with Crippen LogP contribution in [-0.2, 0) is 14.4 Å². The van der Waals surface area contributed by atoms with Gasteiger partial charge in [-0.1, -0.05) is 6.07 Å². The molecule has 1 aromatic rings. The van der Waals surface area contributed by atoms with Gasteiger partial charge in [-0.3, -0.25) is 19.7 Å².